The molecule has 0 aliphatic heterocycles. The van der Waals surface area contributed by atoms with Crippen LogP contribution in [0.1, 0.15) is 0 Å². The van der Waals surface area contributed by atoms with Gasteiger partial charge in [-0.05, 0) is 45.8 Å². The minimum absolute atomic E-state index is 0.677. The van der Waals surface area contributed by atoms with Gasteiger partial charge in [0.25, 0.3) is 0 Å². The highest BCUT2D eigenvalue weighted by molar-refractivity contribution is 7.26. The summed E-state index contributed by atoms with van der Waals surface area (Å²) in [4.78, 5) is 11.0. The molecule has 0 bridgehead atoms. The molecule has 3 heterocycles. The summed E-state index contributed by atoms with van der Waals surface area (Å²) in [6.45, 7) is 0. The Labute approximate surface area is 278 Å². The Balaban J connectivity index is 1.33. The second-order valence-corrected chi connectivity index (χ2v) is 13.6. The van der Waals surface area contributed by atoms with Crippen LogP contribution in [0.2, 0.25) is 0 Å². The number of thiophene rings is 1. The minimum Gasteiger partial charge on any atom is -0.278 e. The largest absolute Gasteiger partial charge is 0.278 e. The number of hydrogen-bond acceptors (Lipinski definition) is 3. The van der Waals surface area contributed by atoms with Crippen LogP contribution < -0.4 is 0 Å². The quantitative estimate of drug-likeness (QED) is 0.179. The first kappa shape index (κ1) is 26.0. The topological polar surface area (TPSA) is 30.7 Å². The molecular weight excluding hydrogens is 603 g/mol. The van der Waals surface area contributed by atoms with E-state index >= 15 is 0 Å². The maximum absolute atomic E-state index is 5.51. The molecule has 48 heavy (non-hydrogen) atoms. The summed E-state index contributed by atoms with van der Waals surface area (Å²) in [5, 5.41) is 13.3. The van der Waals surface area contributed by atoms with E-state index in [1.54, 1.807) is 0 Å². The van der Waals surface area contributed by atoms with E-state index in [0.29, 0.717) is 5.95 Å². The standard InChI is InChI=1S/C44H25N3S/c1-2-12-26(13-3-1)41-40-32-18-6-4-14-28(32)29-15-5-7-19-33(29)42(40)46-44(45-41)47-37-20-10-8-16-30(37)36-24-27-22-23-34-31-17-9-11-21-39(31)48-43(34)35(27)25-38(36)47/h1-25H. The van der Waals surface area contributed by atoms with Gasteiger partial charge in [-0.1, -0.05) is 127 Å². The van der Waals surface area contributed by atoms with Crippen molar-refractivity contribution in [2.75, 3.05) is 0 Å². The molecule has 0 fully saturated rings. The molecule has 0 saturated carbocycles. The molecule has 3 aromatic heterocycles. The van der Waals surface area contributed by atoms with Crippen molar-refractivity contribution in [3.63, 3.8) is 0 Å². The van der Waals surface area contributed by atoms with Crippen molar-refractivity contribution in [3.05, 3.63) is 152 Å². The zero-order chi connectivity index (χ0) is 31.3. The predicted octanol–water partition coefficient (Wildman–Crippen LogP) is 12.2. The summed E-state index contributed by atoms with van der Waals surface area (Å²) in [6.07, 6.45) is 0. The number of rotatable bonds is 2. The van der Waals surface area contributed by atoms with E-state index in [4.69, 9.17) is 9.97 Å². The second kappa shape index (κ2) is 9.71. The van der Waals surface area contributed by atoms with Gasteiger partial charge in [0.1, 0.15) is 0 Å². The summed E-state index contributed by atoms with van der Waals surface area (Å²) < 4.78 is 4.91. The lowest BCUT2D eigenvalue weighted by atomic mass is 9.94. The molecule has 11 rings (SSSR count). The van der Waals surface area contributed by atoms with E-state index in [9.17, 15) is 0 Å². The van der Waals surface area contributed by atoms with E-state index in [2.05, 4.69) is 156 Å². The molecule has 0 aliphatic rings. The predicted molar refractivity (Wildman–Crippen MR) is 205 cm³/mol. The first-order valence-electron chi connectivity index (χ1n) is 16.3. The van der Waals surface area contributed by atoms with E-state index in [-0.39, 0.29) is 0 Å². The molecule has 222 valence electrons. The van der Waals surface area contributed by atoms with Gasteiger partial charge in [-0.2, -0.15) is 0 Å². The summed E-state index contributed by atoms with van der Waals surface area (Å²) in [7, 11) is 0. The number of hydrogen-bond donors (Lipinski definition) is 0. The van der Waals surface area contributed by atoms with Crippen molar-refractivity contribution in [2.45, 2.75) is 0 Å². The molecule has 8 aromatic carbocycles. The van der Waals surface area contributed by atoms with Crippen LogP contribution in [0.15, 0.2) is 152 Å². The second-order valence-electron chi connectivity index (χ2n) is 12.5. The Bertz CT molecular complexity index is 3120. The molecule has 3 nitrogen and oxygen atoms in total. The lowest BCUT2D eigenvalue weighted by molar-refractivity contribution is 1.02. The number of nitrogens with zero attached hydrogens (tertiary/aromatic N) is 3. The lowest BCUT2D eigenvalue weighted by Crippen LogP contribution is -2.04. The minimum atomic E-state index is 0.677. The third-order valence-electron chi connectivity index (χ3n) is 9.97. The summed E-state index contributed by atoms with van der Waals surface area (Å²) >= 11 is 1.87. The number of benzene rings is 8. The normalized spacial score (nSPS) is 12.2. The number of fused-ring (bicyclic) bond motifs is 14. The van der Waals surface area contributed by atoms with Gasteiger partial charge < -0.3 is 0 Å². The molecule has 0 saturated heterocycles. The lowest BCUT2D eigenvalue weighted by Gasteiger charge is -2.16. The molecule has 11 aromatic rings. The van der Waals surface area contributed by atoms with Crippen molar-refractivity contribution >= 4 is 96.5 Å². The van der Waals surface area contributed by atoms with Gasteiger partial charge in [0.05, 0.1) is 22.2 Å². The summed E-state index contributed by atoms with van der Waals surface area (Å²) in [5.41, 5.74) is 5.18. The number of aromatic nitrogens is 3. The van der Waals surface area contributed by atoms with Crippen LogP contribution in [0, 0.1) is 0 Å². The molecule has 0 aliphatic carbocycles. The van der Waals surface area contributed by atoms with Crippen LogP contribution in [0.3, 0.4) is 0 Å². The maximum Gasteiger partial charge on any atom is 0.235 e. The Morgan fingerprint density at radius 1 is 0.438 bits per heavy atom. The molecule has 0 atom stereocenters. The summed E-state index contributed by atoms with van der Waals surface area (Å²) in [6, 6.07) is 54.6. The first-order valence-corrected chi connectivity index (χ1v) is 17.1. The van der Waals surface area contributed by atoms with Gasteiger partial charge in [0, 0.05) is 52.7 Å². The highest BCUT2D eigenvalue weighted by Crippen LogP contribution is 2.43. The van der Waals surface area contributed by atoms with Crippen molar-refractivity contribution in [1.29, 1.82) is 0 Å². The molecule has 0 spiro atoms. The van der Waals surface area contributed by atoms with Crippen LogP contribution in [0.4, 0.5) is 0 Å². The van der Waals surface area contributed by atoms with Gasteiger partial charge in [-0.15, -0.1) is 11.3 Å². The number of para-hydroxylation sites is 1. The van der Waals surface area contributed by atoms with Crippen molar-refractivity contribution < 1.29 is 0 Å². The van der Waals surface area contributed by atoms with Crippen molar-refractivity contribution in [3.8, 4) is 17.2 Å². The Kier molecular flexibility index (Phi) is 5.26. The van der Waals surface area contributed by atoms with Crippen LogP contribution in [0.25, 0.3) is 102 Å². The molecule has 0 amide bonds. The zero-order valence-electron chi connectivity index (χ0n) is 25.7. The van der Waals surface area contributed by atoms with E-state index in [1.807, 2.05) is 11.3 Å². The van der Waals surface area contributed by atoms with Crippen LogP contribution in [-0.2, 0) is 0 Å². The van der Waals surface area contributed by atoms with Crippen LogP contribution in [-0.4, -0.2) is 14.5 Å². The third kappa shape index (κ3) is 3.52. The highest BCUT2D eigenvalue weighted by Gasteiger charge is 2.21. The van der Waals surface area contributed by atoms with Crippen LogP contribution in [0.5, 0.6) is 0 Å². The monoisotopic (exact) mass is 627 g/mol. The highest BCUT2D eigenvalue weighted by atomic mass is 32.1. The first-order chi connectivity index (χ1) is 23.8. The molecular formula is C44H25N3S. The van der Waals surface area contributed by atoms with Crippen LogP contribution >= 0.6 is 11.3 Å². The average Bonchev–Trinajstić information content (AvgIpc) is 3.70. The van der Waals surface area contributed by atoms with Gasteiger partial charge in [-0.25, -0.2) is 9.97 Å². The fourth-order valence-corrected chi connectivity index (χ4v) is 9.08. The third-order valence-corrected chi connectivity index (χ3v) is 11.2. The molecule has 0 N–H and O–H groups in total. The smallest absolute Gasteiger partial charge is 0.235 e. The van der Waals surface area contributed by atoms with E-state index in [0.717, 1.165) is 44.0 Å². The fraction of sp³-hybridized carbons (Fsp3) is 0. The molecule has 0 radical (unpaired) electrons. The SMILES string of the molecule is c1ccc(-c2nc(-n3c4ccccc4c4cc5ccc6c7ccccc7sc6c5cc43)nc3c4ccccc4c4ccccc4c23)cc1. The summed E-state index contributed by atoms with van der Waals surface area (Å²) in [5.74, 6) is 0.677. The van der Waals surface area contributed by atoms with Gasteiger partial charge in [0.2, 0.25) is 5.95 Å². The van der Waals surface area contributed by atoms with E-state index in [1.165, 1.54) is 52.5 Å². The Hall–Kier alpha value is -6.10. The van der Waals surface area contributed by atoms with Gasteiger partial charge >= 0.3 is 0 Å². The van der Waals surface area contributed by atoms with Gasteiger partial charge in [-0.3, -0.25) is 4.57 Å². The Morgan fingerprint density at radius 2 is 1.10 bits per heavy atom. The maximum atomic E-state index is 5.51. The van der Waals surface area contributed by atoms with Crippen molar-refractivity contribution in [2.24, 2.45) is 0 Å². The molecule has 4 heteroatoms. The fourth-order valence-electron chi connectivity index (χ4n) is 7.85. The molecule has 0 unspecified atom stereocenters. The zero-order valence-corrected chi connectivity index (χ0v) is 26.5. The Morgan fingerprint density at radius 3 is 1.94 bits per heavy atom. The van der Waals surface area contributed by atoms with Gasteiger partial charge in [0.15, 0.2) is 0 Å². The average molecular weight is 628 g/mol. The van der Waals surface area contributed by atoms with E-state index < -0.39 is 0 Å². The van der Waals surface area contributed by atoms with Crippen molar-refractivity contribution in [1.82, 2.24) is 14.5 Å².